The van der Waals surface area contributed by atoms with E-state index >= 15 is 0 Å². The first-order chi connectivity index (χ1) is 7.06. The van der Waals surface area contributed by atoms with Crippen LogP contribution >= 0.6 is 0 Å². The average Bonchev–Trinajstić information content (AvgIpc) is 2.26. The third kappa shape index (κ3) is 5.01. The Morgan fingerprint density at radius 3 is 2.20 bits per heavy atom. The van der Waals surface area contributed by atoms with Crippen LogP contribution in [0.4, 0.5) is 0 Å². The summed E-state index contributed by atoms with van der Waals surface area (Å²) in [7, 11) is 0. The Hall–Kier alpha value is -0.790. The zero-order chi connectivity index (χ0) is 11.8. The van der Waals surface area contributed by atoms with Crippen molar-refractivity contribution < 1.29 is 9.53 Å². The van der Waals surface area contributed by atoms with E-state index in [4.69, 9.17) is 4.74 Å². The van der Waals surface area contributed by atoms with Crippen LogP contribution in [0, 0.1) is 11.8 Å². The number of carbonyl (C=O) groups is 1. The summed E-state index contributed by atoms with van der Waals surface area (Å²) in [4.78, 5) is 11.4. The lowest BCUT2D eigenvalue weighted by Crippen LogP contribution is -2.19. The molecule has 0 aromatic carbocycles. The molecule has 0 heterocycles. The molecule has 0 aromatic rings. The largest absolute Gasteiger partial charge is 0.462 e. The molecule has 15 heavy (non-hydrogen) atoms. The van der Waals surface area contributed by atoms with Gasteiger partial charge in [-0.1, -0.05) is 47.1 Å². The molecule has 0 bridgehead atoms. The summed E-state index contributed by atoms with van der Waals surface area (Å²) >= 11 is 0. The molecule has 2 heteroatoms. The van der Waals surface area contributed by atoms with Gasteiger partial charge >= 0.3 is 5.97 Å². The molecule has 1 atom stereocenters. The lowest BCUT2D eigenvalue weighted by Gasteiger charge is -2.20. The highest BCUT2D eigenvalue weighted by Gasteiger charge is 2.16. The van der Waals surface area contributed by atoms with E-state index in [0.29, 0.717) is 30.4 Å². The quantitative estimate of drug-likeness (QED) is 0.476. The Balaban J connectivity index is 3.94. The van der Waals surface area contributed by atoms with Gasteiger partial charge in [0.05, 0.1) is 6.61 Å². The molecule has 0 saturated carbocycles. The van der Waals surface area contributed by atoms with Gasteiger partial charge in [-0.05, 0) is 18.3 Å². The monoisotopic (exact) mass is 212 g/mol. The zero-order valence-corrected chi connectivity index (χ0v) is 10.5. The maximum atomic E-state index is 11.4. The van der Waals surface area contributed by atoms with Crippen molar-refractivity contribution >= 4 is 5.97 Å². The van der Waals surface area contributed by atoms with Gasteiger partial charge in [-0.15, -0.1) is 0 Å². The second-order valence-electron chi connectivity index (χ2n) is 4.11. The summed E-state index contributed by atoms with van der Waals surface area (Å²) in [5, 5.41) is 0. The van der Waals surface area contributed by atoms with E-state index in [0.717, 1.165) is 12.8 Å². The number of carbonyl (C=O) groups excluding carboxylic acids is 1. The SMILES string of the molecule is C=C(CC)C(=O)OCC(C)C(CC)CC. The van der Waals surface area contributed by atoms with Crippen molar-refractivity contribution in [3.05, 3.63) is 12.2 Å². The topological polar surface area (TPSA) is 26.3 Å². The predicted octanol–water partition coefficient (Wildman–Crippen LogP) is 3.57. The summed E-state index contributed by atoms with van der Waals surface area (Å²) in [6.07, 6.45) is 2.95. The Morgan fingerprint density at radius 1 is 1.27 bits per heavy atom. The van der Waals surface area contributed by atoms with Crippen molar-refractivity contribution in [1.29, 1.82) is 0 Å². The van der Waals surface area contributed by atoms with Crippen LogP contribution in [0.5, 0.6) is 0 Å². The molecule has 0 aliphatic rings. The molecule has 0 aliphatic heterocycles. The van der Waals surface area contributed by atoms with E-state index in [1.165, 1.54) is 0 Å². The van der Waals surface area contributed by atoms with Gasteiger partial charge in [0.25, 0.3) is 0 Å². The first-order valence-corrected chi connectivity index (χ1v) is 5.91. The number of hydrogen-bond donors (Lipinski definition) is 0. The van der Waals surface area contributed by atoms with Crippen molar-refractivity contribution in [2.24, 2.45) is 11.8 Å². The van der Waals surface area contributed by atoms with Crippen LogP contribution in [0.3, 0.4) is 0 Å². The van der Waals surface area contributed by atoms with Gasteiger partial charge in [0, 0.05) is 5.57 Å². The minimum atomic E-state index is -0.240. The van der Waals surface area contributed by atoms with Crippen LogP contribution < -0.4 is 0 Å². The normalized spacial score (nSPS) is 12.6. The molecule has 0 aromatic heterocycles. The fraction of sp³-hybridized carbons (Fsp3) is 0.769. The summed E-state index contributed by atoms with van der Waals surface area (Å²) in [6.45, 7) is 12.6. The summed E-state index contributed by atoms with van der Waals surface area (Å²) in [5.74, 6) is 0.844. The third-order valence-corrected chi connectivity index (χ3v) is 3.05. The fourth-order valence-electron chi connectivity index (χ4n) is 1.68. The van der Waals surface area contributed by atoms with Crippen LogP contribution in [0.2, 0.25) is 0 Å². The van der Waals surface area contributed by atoms with Crippen molar-refractivity contribution in [2.45, 2.75) is 47.0 Å². The summed E-state index contributed by atoms with van der Waals surface area (Å²) < 4.78 is 5.20. The van der Waals surface area contributed by atoms with Crippen LogP contribution in [-0.2, 0) is 9.53 Å². The minimum Gasteiger partial charge on any atom is -0.462 e. The maximum Gasteiger partial charge on any atom is 0.333 e. The second kappa shape index (κ2) is 7.49. The molecule has 2 nitrogen and oxygen atoms in total. The Kier molecular flexibility index (Phi) is 7.10. The standard InChI is InChI=1S/C13H24O2/c1-6-10(4)13(14)15-9-11(5)12(7-2)8-3/h11-12H,4,6-9H2,1-3,5H3. The Labute approximate surface area is 93.7 Å². The van der Waals surface area contributed by atoms with E-state index in [1.54, 1.807) is 0 Å². The minimum absolute atomic E-state index is 0.240. The predicted molar refractivity (Wildman–Crippen MR) is 63.6 cm³/mol. The van der Waals surface area contributed by atoms with E-state index in [2.05, 4.69) is 27.4 Å². The van der Waals surface area contributed by atoms with Gasteiger partial charge in [0.2, 0.25) is 0 Å². The van der Waals surface area contributed by atoms with Crippen molar-refractivity contribution in [3.8, 4) is 0 Å². The molecule has 0 saturated heterocycles. The second-order valence-corrected chi connectivity index (χ2v) is 4.11. The van der Waals surface area contributed by atoms with Crippen molar-refractivity contribution in [3.63, 3.8) is 0 Å². The summed E-state index contributed by atoms with van der Waals surface area (Å²) in [6, 6.07) is 0. The Morgan fingerprint density at radius 2 is 1.80 bits per heavy atom. The van der Waals surface area contributed by atoms with E-state index in [-0.39, 0.29) is 5.97 Å². The van der Waals surface area contributed by atoms with Gasteiger partial charge in [0.15, 0.2) is 0 Å². The maximum absolute atomic E-state index is 11.4. The van der Waals surface area contributed by atoms with E-state index < -0.39 is 0 Å². The van der Waals surface area contributed by atoms with Crippen LogP contribution in [-0.4, -0.2) is 12.6 Å². The molecule has 88 valence electrons. The highest BCUT2D eigenvalue weighted by molar-refractivity contribution is 5.87. The van der Waals surface area contributed by atoms with Gasteiger partial charge < -0.3 is 4.74 Å². The molecule has 0 spiro atoms. The fourth-order valence-corrected chi connectivity index (χ4v) is 1.68. The number of ether oxygens (including phenoxy) is 1. The van der Waals surface area contributed by atoms with E-state index in [9.17, 15) is 4.79 Å². The van der Waals surface area contributed by atoms with Crippen LogP contribution in [0.15, 0.2) is 12.2 Å². The molecule has 0 rings (SSSR count). The number of esters is 1. The number of hydrogen-bond acceptors (Lipinski definition) is 2. The van der Waals surface area contributed by atoms with Gasteiger partial charge in [0.1, 0.15) is 0 Å². The lowest BCUT2D eigenvalue weighted by molar-refractivity contribution is -0.140. The van der Waals surface area contributed by atoms with E-state index in [1.807, 2.05) is 6.92 Å². The Bertz CT molecular complexity index is 205. The molecule has 0 fully saturated rings. The summed E-state index contributed by atoms with van der Waals surface area (Å²) in [5.41, 5.74) is 0.562. The lowest BCUT2D eigenvalue weighted by atomic mass is 9.90. The first kappa shape index (κ1) is 14.2. The van der Waals surface area contributed by atoms with Crippen molar-refractivity contribution in [2.75, 3.05) is 6.61 Å². The molecular weight excluding hydrogens is 188 g/mol. The molecular formula is C13H24O2. The third-order valence-electron chi connectivity index (χ3n) is 3.05. The number of rotatable bonds is 7. The van der Waals surface area contributed by atoms with Crippen molar-refractivity contribution in [1.82, 2.24) is 0 Å². The average molecular weight is 212 g/mol. The van der Waals surface area contributed by atoms with Gasteiger partial charge in [-0.3, -0.25) is 0 Å². The van der Waals surface area contributed by atoms with Gasteiger partial charge in [-0.25, -0.2) is 4.79 Å². The molecule has 0 amide bonds. The first-order valence-electron chi connectivity index (χ1n) is 5.91. The molecule has 1 unspecified atom stereocenters. The highest BCUT2D eigenvalue weighted by atomic mass is 16.5. The zero-order valence-electron chi connectivity index (χ0n) is 10.5. The molecule has 0 radical (unpaired) electrons. The smallest absolute Gasteiger partial charge is 0.333 e. The van der Waals surface area contributed by atoms with Crippen LogP contribution in [0.25, 0.3) is 0 Å². The molecule has 0 N–H and O–H groups in total. The van der Waals surface area contributed by atoms with Crippen LogP contribution in [0.1, 0.15) is 47.0 Å². The highest BCUT2D eigenvalue weighted by Crippen LogP contribution is 2.19. The molecule has 0 aliphatic carbocycles. The van der Waals surface area contributed by atoms with Gasteiger partial charge in [-0.2, -0.15) is 0 Å².